The van der Waals surface area contributed by atoms with Crippen LogP contribution in [0.4, 0.5) is 0 Å². The monoisotopic (exact) mass is 506 g/mol. The maximum atomic E-state index is 10.3. The molecule has 1 aliphatic heterocycles. The van der Waals surface area contributed by atoms with Crippen molar-refractivity contribution in [1.29, 1.82) is 0 Å². The molecule has 196 valence electrons. The number of hydrogen-bond donors (Lipinski definition) is 1. The Kier molecular flexibility index (Phi) is 10.1. The highest BCUT2D eigenvalue weighted by atomic mass is 16.7. The second kappa shape index (κ2) is 13.9. The van der Waals surface area contributed by atoms with Gasteiger partial charge in [0.1, 0.15) is 35.9 Å². The average Bonchev–Trinajstić information content (AvgIpc) is 2.95. The molecule has 7 nitrogen and oxygen atoms in total. The number of benzene rings is 3. The highest BCUT2D eigenvalue weighted by Crippen LogP contribution is 2.31. The van der Waals surface area contributed by atoms with Crippen LogP contribution in [0.1, 0.15) is 11.1 Å². The van der Waals surface area contributed by atoms with Crippen LogP contribution in [0, 0.1) is 0 Å². The van der Waals surface area contributed by atoms with Gasteiger partial charge in [-0.25, -0.2) is 0 Å². The Morgan fingerprint density at radius 1 is 0.757 bits per heavy atom. The van der Waals surface area contributed by atoms with E-state index < -0.39 is 30.7 Å². The van der Waals surface area contributed by atoms with Crippen LogP contribution in [0.2, 0.25) is 0 Å². The first kappa shape index (κ1) is 26.9. The molecule has 3 aromatic carbocycles. The van der Waals surface area contributed by atoms with Crippen molar-refractivity contribution in [3.63, 3.8) is 0 Å². The Labute approximate surface area is 218 Å². The Morgan fingerprint density at radius 2 is 1.32 bits per heavy atom. The van der Waals surface area contributed by atoms with Gasteiger partial charge >= 0.3 is 0 Å². The van der Waals surface area contributed by atoms with Gasteiger partial charge in [0, 0.05) is 0 Å². The first-order valence-electron chi connectivity index (χ1n) is 12.3. The second-order valence-electron chi connectivity index (χ2n) is 8.63. The van der Waals surface area contributed by atoms with Gasteiger partial charge in [0.2, 0.25) is 6.29 Å². The molecule has 0 aromatic heterocycles. The standard InChI is InChI=1S/C30H34O7/c1-3-18-33-28-27(34-20-22-10-6-4-7-11-22)26(19-31)37-30(36-25-16-14-24(32-2)15-17-25)29(28)35-21-23-12-8-5-9-13-23/h3-17,26-31H,1,18-21H2,2H3/t26-,27-,28+,29+,30+/m1/s1. The Balaban J connectivity index is 1.60. The summed E-state index contributed by atoms with van der Waals surface area (Å²) in [6.45, 7) is 4.44. The molecule has 0 unspecified atom stereocenters. The van der Waals surface area contributed by atoms with Crippen molar-refractivity contribution < 1.29 is 33.5 Å². The molecule has 1 aliphatic rings. The second-order valence-corrected chi connectivity index (χ2v) is 8.63. The van der Waals surface area contributed by atoms with E-state index in [2.05, 4.69) is 6.58 Å². The number of aliphatic hydroxyl groups is 1. The minimum atomic E-state index is -0.861. The lowest BCUT2D eigenvalue weighted by molar-refractivity contribution is -0.305. The van der Waals surface area contributed by atoms with Crippen LogP contribution < -0.4 is 9.47 Å². The van der Waals surface area contributed by atoms with Crippen LogP contribution in [0.5, 0.6) is 11.5 Å². The van der Waals surface area contributed by atoms with Crippen LogP contribution in [-0.4, -0.2) is 56.1 Å². The lowest BCUT2D eigenvalue weighted by Gasteiger charge is -2.45. The molecule has 1 heterocycles. The predicted octanol–water partition coefficient (Wildman–Crippen LogP) is 4.53. The van der Waals surface area contributed by atoms with Gasteiger partial charge in [-0.05, 0) is 35.4 Å². The maximum Gasteiger partial charge on any atom is 0.229 e. The van der Waals surface area contributed by atoms with Crippen LogP contribution >= 0.6 is 0 Å². The average molecular weight is 507 g/mol. The number of aliphatic hydroxyl groups excluding tert-OH is 1. The fourth-order valence-corrected chi connectivity index (χ4v) is 4.19. The zero-order chi connectivity index (χ0) is 25.9. The van der Waals surface area contributed by atoms with Crippen LogP contribution in [0.25, 0.3) is 0 Å². The Morgan fingerprint density at radius 3 is 1.86 bits per heavy atom. The van der Waals surface area contributed by atoms with Crippen molar-refractivity contribution in [2.75, 3.05) is 20.3 Å². The van der Waals surface area contributed by atoms with Crippen molar-refractivity contribution in [2.24, 2.45) is 0 Å². The van der Waals surface area contributed by atoms with Gasteiger partial charge in [0.15, 0.2) is 0 Å². The zero-order valence-corrected chi connectivity index (χ0v) is 21.0. The summed E-state index contributed by atoms with van der Waals surface area (Å²) < 4.78 is 36.6. The van der Waals surface area contributed by atoms with Crippen LogP contribution in [0.15, 0.2) is 97.6 Å². The van der Waals surface area contributed by atoms with Gasteiger partial charge in [-0.3, -0.25) is 0 Å². The van der Waals surface area contributed by atoms with E-state index in [1.165, 1.54) is 0 Å². The zero-order valence-electron chi connectivity index (χ0n) is 21.0. The number of hydrogen-bond acceptors (Lipinski definition) is 7. The van der Waals surface area contributed by atoms with E-state index in [0.717, 1.165) is 11.1 Å². The van der Waals surface area contributed by atoms with Gasteiger partial charge in [-0.2, -0.15) is 0 Å². The molecule has 1 fully saturated rings. The highest BCUT2D eigenvalue weighted by molar-refractivity contribution is 5.31. The maximum absolute atomic E-state index is 10.3. The topological polar surface area (TPSA) is 75.6 Å². The lowest BCUT2D eigenvalue weighted by atomic mass is 9.98. The van der Waals surface area contributed by atoms with E-state index in [9.17, 15) is 5.11 Å². The van der Waals surface area contributed by atoms with Gasteiger partial charge in [-0.1, -0.05) is 66.7 Å². The summed E-state index contributed by atoms with van der Waals surface area (Å²) in [6.07, 6.45) is -1.75. The van der Waals surface area contributed by atoms with Crippen molar-refractivity contribution in [1.82, 2.24) is 0 Å². The minimum Gasteiger partial charge on any atom is -0.497 e. The van der Waals surface area contributed by atoms with Crippen LogP contribution in [-0.2, 0) is 32.2 Å². The number of methoxy groups -OCH3 is 1. The first-order chi connectivity index (χ1) is 18.2. The Bertz CT molecular complexity index is 1060. The summed E-state index contributed by atoms with van der Waals surface area (Å²) in [7, 11) is 1.61. The fraction of sp³-hybridized carbons (Fsp3) is 0.333. The molecule has 0 radical (unpaired) electrons. The normalized spacial score (nSPS) is 23.4. The van der Waals surface area contributed by atoms with Gasteiger partial charge < -0.3 is 33.5 Å². The number of rotatable bonds is 13. The minimum absolute atomic E-state index is 0.272. The van der Waals surface area contributed by atoms with Crippen molar-refractivity contribution in [3.8, 4) is 11.5 Å². The van der Waals surface area contributed by atoms with E-state index in [0.29, 0.717) is 24.7 Å². The van der Waals surface area contributed by atoms with Gasteiger partial charge in [0.05, 0.1) is 33.5 Å². The summed E-state index contributed by atoms with van der Waals surface area (Å²) in [5, 5.41) is 10.3. The molecule has 1 N–H and O–H groups in total. The van der Waals surface area contributed by atoms with Crippen molar-refractivity contribution in [3.05, 3.63) is 109 Å². The summed E-state index contributed by atoms with van der Waals surface area (Å²) in [4.78, 5) is 0. The Hall–Kier alpha value is -3.20. The SMILES string of the molecule is C=CCO[C@@H]1[C@H](OCc2ccccc2)[C@@H](Oc2ccc(OC)cc2)O[C@H](CO)[C@H]1OCc1ccccc1. The lowest BCUT2D eigenvalue weighted by Crippen LogP contribution is -2.62. The summed E-state index contributed by atoms with van der Waals surface area (Å²) in [6, 6.07) is 26.9. The van der Waals surface area contributed by atoms with E-state index in [4.69, 9.17) is 28.4 Å². The molecule has 0 saturated carbocycles. The molecule has 0 spiro atoms. The molecule has 0 bridgehead atoms. The molecule has 0 amide bonds. The third kappa shape index (κ3) is 7.41. The summed E-state index contributed by atoms with van der Waals surface area (Å²) in [5.74, 6) is 1.28. The molecule has 1 saturated heterocycles. The fourth-order valence-electron chi connectivity index (χ4n) is 4.19. The summed E-state index contributed by atoms with van der Waals surface area (Å²) in [5.41, 5.74) is 2.00. The smallest absolute Gasteiger partial charge is 0.229 e. The van der Waals surface area contributed by atoms with Crippen molar-refractivity contribution in [2.45, 2.75) is 43.9 Å². The largest absolute Gasteiger partial charge is 0.497 e. The van der Waals surface area contributed by atoms with E-state index in [1.54, 1.807) is 37.5 Å². The number of ether oxygens (including phenoxy) is 6. The van der Waals surface area contributed by atoms with Crippen molar-refractivity contribution >= 4 is 0 Å². The molecule has 37 heavy (non-hydrogen) atoms. The molecular weight excluding hydrogens is 472 g/mol. The third-order valence-corrected chi connectivity index (χ3v) is 6.06. The van der Waals surface area contributed by atoms with E-state index in [-0.39, 0.29) is 13.2 Å². The van der Waals surface area contributed by atoms with Crippen LogP contribution in [0.3, 0.4) is 0 Å². The molecule has 5 atom stereocenters. The van der Waals surface area contributed by atoms with E-state index >= 15 is 0 Å². The molecule has 4 rings (SSSR count). The quantitative estimate of drug-likeness (QED) is 0.341. The molecular formula is C30H34O7. The van der Waals surface area contributed by atoms with Gasteiger partial charge in [0.25, 0.3) is 0 Å². The molecule has 0 aliphatic carbocycles. The van der Waals surface area contributed by atoms with E-state index in [1.807, 2.05) is 60.7 Å². The van der Waals surface area contributed by atoms with Gasteiger partial charge in [-0.15, -0.1) is 6.58 Å². The molecule has 3 aromatic rings. The first-order valence-corrected chi connectivity index (χ1v) is 12.3. The predicted molar refractivity (Wildman–Crippen MR) is 139 cm³/mol. The molecule has 7 heteroatoms. The third-order valence-electron chi connectivity index (χ3n) is 6.06. The summed E-state index contributed by atoms with van der Waals surface area (Å²) >= 11 is 0. The highest BCUT2D eigenvalue weighted by Gasteiger charge is 2.49.